The molecule has 0 unspecified atom stereocenters. The first-order valence-corrected chi connectivity index (χ1v) is 9.99. The molecule has 0 saturated heterocycles. The van der Waals surface area contributed by atoms with Crippen molar-refractivity contribution in [3.8, 4) is 11.6 Å². The number of carboxylic acid groups (broad SMARTS) is 1. The molecular formula is C21H19F3N6O5. The number of anilines is 1. The Kier molecular flexibility index (Phi) is 7.86. The number of para-hydroxylation sites is 1. The molecule has 2 heterocycles. The van der Waals surface area contributed by atoms with Gasteiger partial charge < -0.3 is 20.5 Å². The van der Waals surface area contributed by atoms with Gasteiger partial charge in [0.05, 0.1) is 11.3 Å². The highest BCUT2D eigenvalue weighted by atomic mass is 19.4. The maximum absolute atomic E-state index is 12.6. The number of aromatic nitrogens is 3. The van der Waals surface area contributed by atoms with Crippen molar-refractivity contribution >= 4 is 23.7 Å². The van der Waals surface area contributed by atoms with Gasteiger partial charge >= 0.3 is 12.3 Å². The van der Waals surface area contributed by atoms with Gasteiger partial charge in [-0.1, -0.05) is 18.2 Å². The van der Waals surface area contributed by atoms with Crippen LogP contribution < -0.4 is 20.7 Å². The predicted octanol–water partition coefficient (Wildman–Crippen LogP) is 2.46. The maximum atomic E-state index is 12.6. The van der Waals surface area contributed by atoms with E-state index in [1.54, 1.807) is 30.3 Å². The molecule has 2 aromatic heterocycles. The number of carbonyl (C=O) groups is 3. The molecule has 1 aromatic carbocycles. The second-order valence-corrected chi connectivity index (χ2v) is 6.90. The number of nitrogens with zero attached hydrogens (tertiary/aromatic N) is 3. The molecule has 11 nitrogen and oxygen atoms in total. The number of rotatable bonds is 9. The summed E-state index contributed by atoms with van der Waals surface area (Å²) in [4.78, 5) is 39.4. The molecule has 0 saturated carbocycles. The van der Waals surface area contributed by atoms with Crippen molar-refractivity contribution in [3.05, 3.63) is 66.0 Å². The van der Waals surface area contributed by atoms with Gasteiger partial charge in [0.2, 0.25) is 5.88 Å². The molecule has 0 aliphatic rings. The number of hydrogen-bond acceptors (Lipinski definition) is 6. The number of ether oxygens (including phenoxy) is 1. The van der Waals surface area contributed by atoms with Crippen LogP contribution >= 0.6 is 0 Å². The summed E-state index contributed by atoms with van der Waals surface area (Å²) in [6.45, 7) is -1.50. The summed E-state index contributed by atoms with van der Waals surface area (Å²) >= 11 is 0. The van der Waals surface area contributed by atoms with Crippen molar-refractivity contribution in [3.63, 3.8) is 0 Å². The van der Waals surface area contributed by atoms with E-state index < -0.39 is 30.7 Å². The first-order valence-electron chi connectivity index (χ1n) is 9.99. The van der Waals surface area contributed by atoms with E-state index >= 15 is 0 Å². The van der Waals surface area contributed by atoms with E-state index in [1.165, 1.54) is 16.9 Å². The highest BCUT2D eigenvalue weighted by molar-refractivity contribution is 6.01. The third kappa shape index (κ3) is 7.45. The molecule has 14 heteroatoms. The Bertz CT molecular complexity index is 1180. The van der Waals surface area contributed by atoms with Crippen LogP contribution in [0.5, 0.6) is 5.88 Å². The van der Waals surface area contributed by atoms with E-state index in [2.05, 4.69) is 30.8 Å². The SMILES string of the molecule is O=C(O)Nc1nn(-c2ccccc2)cc1C(=O)NCCNC(=O)c1ccc(OCC(F)(F)F)nc1. The van der Waals surface area contributed by atoms with Gasteiger partial charge in [0, 0.05) is 31.5 Å². The Morgan fingerprint density at radius 1 is 1.00 bits per heavy atom. The first-order chi connectivity index (χ1) is 16.6. The molecule has 0 radical (unpaired) electrons. The summed E-state index contributed by atoms with van der Waals surface area (Å²) in [5.74, 6) is -1.65. The van der Waals surface area contributed by atoms with E-state index in [9.17, 15) is 27.6 Å². The van der Waals surface area contributed by atoms with Crippen LogP contribution in [0.25, 0.3) is 5.69 Å². The van der Waals surface area contributed by atoms with E-state index in [1.807, 2.05) is 0 Å². The summed E-state index contributed by atoms with van der Waals surface area (Å²) in [5, 5.41) is 20.2. The monoisotopic (exact) mass is 492 g/mol. The second-order valence-electron chi connectivity index (χ2n) is 6.90. The largest absolute Gasteiger partial charge is 0.468 e. The fourth-order valence-electron chi connectivity index (χ4n) is 2.75. The molecule has 0 atom stereocenters. The number of halogens is 3. The molecule has 184 valence electrons. The maximum Gasteiger partial charge on any atom is 0.422 e. The summed E-state index contributed by atoms with van der Waals surface area (Å²) in [5.41, 5.74) is 0.657. The zero-order valence-electron chi connectivity index (χ0n) is 17.9. The van der Waals surface area contributed by atoms with Gasteiger partial charge in [-0.15, -0.1) is 5.10 Å². The third-order valence-electron chi connectivity index (χ3n) is 4.28. The van der Waals surface area contributed by atoms with Crippen LogP contribution in [0.15, 0.2) is 54.9 Å². The Balaban J connectivity index is 1.53. The van der Waals surface area contributed by atoms with Crippen molar-refractivity contribution in [2.24, 2.45) is 0 Å². The first kappa shape index (κ1) is 25.0. The lowest BCUT2D eigenvalue weighted by atomic mass is 10.2. The number of benzene rings is 1. The van der Waals surface area contributed by atoms with Crippen molar-refractivity contribution in [1.29, 1.82) is 0 Å². The van der Waals surface area contributed by atoms with Crippen LogP contribution in [-0.2, 0) is 0 Å². The summed E-state index contributed by atoms with van der Waals surface area (Å²) in [6, 6.07) is 11.1. The Hall–Kier alpha value is -4.62. The number of nitrogens with one attached hydrogen (secondary N) is 3. The smallest absolute Gasteiger partial charge is 0.422 e. The van der Waals surface area contributed by atoms with E-state index in [0.29, 0.717) is 5.69 Å². The minimum absolute atomic E-state index is 0.00537. The van der Waals surface area contributed by atoms with Crippen LogP contribution in [0, 0.1) is 0 Å². The highest BCUT2D eigenvalue weighted by Crippen LogP contribution is 2.18. The molecule has 3 rings (SSSR count). The van der Waals surface area contributed by atoms with Gasteiger partial charge in [-0.25, -0.2) is 14.5 Å². The lowest BCUT2D eigenvalue weighted by Gasteiger charge is -2.09. The number of hydrogen-bond donors (Lipinski definition) is 4. The Morgan fingerprint density at radius 3 is 2.29 bits per heavy atom. The number of carbonyl (C=O) groups excluding carboxylic acids is 2. The summed E-state index contributed by atoms with van der Waals surface area (Å²) in [6.07, 6.45) is -3.48. The fraction of sp³-hybridized carbons (Fsp3) is 0.190. The molecule has 0 aliphatic heterocycles. The number of alkyl halides is 3. The van der Waals surface area contributed by atoms with E-state index in [-0.39, 0.29) is 35.9 Å². The Morgan fingerprint density at radius 2 is 1.69 bits per heavy atom. The van der Waals surface area contributed by atoms with Crippen molar-refractivity contribution in [2.75, 3.05) is 25.0 Å². The predicted molar refractivity (Wildman–Crippen MR) is 116 cm³/mol. The van der Waals surface area contributed by atoms with Gasteiger partial charge in [0.25, 0.3) is 11.8 Å². The van der Waals surface area contributed by atoms with Gasteiger partial charge in [0.1, 0.15) is 5.56 Å². The van der Waals surface area contributed by atoms with E-state index in [4.69, 9.17) is 5.11 Å². The van der Waals surface area contributed by atoms with Gasteiger partial charge in [-0.05, 0) is 18.2 Å². The molecule has 3 aromatic rings. The molecule has 0 fully saturated rings. The molecule has 0 bridgehead atoms. The number of amides is 3. The normalized spacial score (nSPS) is 10.9. The van der Waals surface area contributed by atoms with Crippen molar-refractivity contribution in [1.82, 2.24) is 25.4 Å². The molecule has 0 spiro atoms. The van der Waals surface area contributed by atoms with Crippen molar-refractivity contribution < 1.29 is 37.4 Å². The summed E-state index contributed by atoms with van der Waals surface area (Å²) in [7, 11) is 0. The molecular weight excluding hydrogens is 473 g/mol. The minimum Gasteiger partial charge on any atom is -0.468 e. The molecule has 0 aliphatic carbocycles. The van der Waals surface area contributed by atoms with Gasteiger partial charge in [0.15, 0.2) is 12.4 Å². The topological polar surface area (TPSA) is 147 Å². The van der Waals surface area contributed by atoms with Crippen LogP contribution in [0.4, 0.5) is 23.8 Å². The zero-order valence-corrected chi connectivity index (χ0v) is 17.9. The second kappa shape index (κ2) is 11.0. The third-order valence-corrected chi connectivity index (χ3v) is 4.28. The lowest BCUT2D eigenvalue weighted by Crippen LogP contribution is -2.35. The fourth-order valence-corrected chi connectivity index (χ4v) is 2.75. The van der Waals surface area contributed by atoms with Crippen LogP contribution in [0.3, 0.4) is 0 Å². The van der Waals surface area contributed by atoms with E-state index in [0.717, 1.165) is 12.3 Å². The number of pyridine rings is 1. The average Bonchev–Trinajstić information content (AvgIpc) is 3.24. The van der Waals surface area contributed by atoms with Crippen LogP contribution in [-0.4, -0.2) is 63.7 Å². The standard InChI is InChI=1S/C21H19F3N6O5/c22-21(23,24)12-35-16-7-6-13(10-27-16)18(31)25-8-9-26-19(32)15-11-30(14-4-2-1-3-5-14)29-17(15)28-20(33)34/h1-7,10-11H,8-9,12H2,(H,25,31)(H,26,32)(H,28,29)(H,33,34). The lowest BCUT2D eigenvalue weighted by molar-refractivity contribution is -0.154. The molecule has 35 heavy (non-hydrogen) atoms. The quantitative estimate of drug-likeness (QED) is 0.336. The van der Waals surface area contributed by atoms with Crippen molar-refractivity contribution in [2.45, 2.75) is 6.18 Å². The van der Waals surface area contributed by atoms with Crippen LogP contribution in [0.2, 0.25) is 0 Å². The minimum atomic E-state index is -4.51. The average molecular weight is 492 g/mol. The zero-order chi connectivity index (χ0) is 25.4. The van der Waals surface area contributed by atoms with Gasteiger partial charge in [-0.2, -0.15) is 13.2 Å². The highest BCUT2D eigenvalue weighted by Gasteiger charge is 2.28. The molecule has 3 amide bonds. The molecule has 4 N–H and O–H groups in total. The van der Waals surface area contributed by atoms with Crippen LogP contribution in [0.1, 0.15) is 20.7 Å². The Labute approximate surface area is 195 Å². The summed E-state index contributed by atoms with van der Waals surface area (Å²) < 4.78 is 42.3. The van der Waals surface area contributed by atoms with Gasteiger partial charge in [-0.3, -0.25) is 14.9 Å².